The second kappa shape index (κ2) is 5.88. The molecule has 3 rings (SSSR count). The lowest BCUT2D eigenvalue weighted by atomic mass is 10.1. The monoisotopic (exact) mass is 324 g/mol. The summed E-state index contributed by atoms with van der Waals surface area (Å²) in [5, 5.41) is 0.307. The van der Waals surface area contributed by atoms with E-state index in [1.807, 2.05) is 4.90 Å². The number of likely N-dealkylation sites (tertiary alicyclic amines) is 1. The van der Waals surface area contributed by atoms with E-state index < -0.39 is 5.82 Å². The molecule has 1 atom stereocenters. The van der Waals surface area contributed by atoms with Gasteiger partial charge in [-0.1, -0.05) is 17.7 Å². The predicted molar refractivity (Wildman–Crippen MR) is 80.7 cm³/mol. The van der Waals surface area contributed by atoms with Crippen molar-refractivity contribution in [2.24, 2.45) is 5.92 Å². The van der Waals surface area contributed by atoms with Crippen molar-refractivity contribution in [1.82, 2.24) is 9.80 Å². The van der Waals surface area contributed by atoms with Crippen molar-refractivity contribution < 1.29 is 14.0 Å². The second-order valence-electron chi connectivity index (χ2n) is 6.07. The number of carbonyl (C=O) groups excluding carboxylic acids is 2. The molecular weight excluding hydrogens is 307 g/mol. The summed E-state index contributed by atoms with van der Waals surface area (Å²) in [6.07, 6.45) is 2.32. The van der Waals surface area contributed by atoms with Gasteiger partial charge in [-0.05, 0) is 25.0 Å². The van der Waals surface area contributed by atoms with E-state index in [9.17, 15) is 14.0 Å². The number of carbonyl (C=O) groups is 2. The van der Waals surface area contributed by atoms with Crippen molar-refractivity contribution in [3.8, 4) is 0 Å². The fourth-order valence-electron chi connectivity index (χ4n) is 2.95. The molecule has 118 valence electrons. The zero-order chi connectivity index (χ0) is 15.9. The molecule has 0 N–H and O–H groups in total. The molecule has 1 aromatic carbocycles. The number of rotatable bonds is 4. The van der Waals surface area contributed by atoms with Gasteiger partial charge in [0, 0.05) is 43.2 Å². The Kier molecular flexibility index (Phi) is 4.08. The molecule has 4 nitrogen and oxygen atoms in total. The van der Waals surface area contributed by atoms with Crippen LogP contribution in [0.25, 0.3) is 0 Å². The molecule has 1 saturated carbocycles. The van der Waals surface area contributed by atoms with Gasteiger partial charge in [-0.25, -0.2) is 4.39 Å². The third kappa shape index (κ3) is 2.95. The molecule has 0 bridgehead atoms. The van der Waals surface area contributed by atoms with Gasteiger partial charge in [0.2, 0.25) is 11.8 Å². The molecule has 1 saturated heterocycles. The fourth-order valence-corrected chi connectivity index (χ4v) is 3.17. The van der Waals surface area contributed by atoms with E-state index in [-0.39, 0.29) is 30.7 Å². The first-order valence-corrected chi connectivity index (χ1v) is 7.82. The number of benzene rings is 1. The molecule has 6 heteroatoms. The standard InChI is InChI=1S/C16H18ClFN2O2/c1-19(9-12-13(17)3-2-4-14(12)18)16(22)10-7-15(21)20(8-10)11-5-6-11/h2-4,10-11H,5-9H2,1H3. The van der Waals surface area contributed by atoms with E-state index in [0.29, 0.717) is 23.2 Å². The van der Waals surface area contributed by atoms with Gasteiger partial charge in [0.1, 0.15) is 5.82 Å². The Morgan fingerprint density at radius 2 is 2.18 bits per heavy atom. The van der Waals surface area contributed by atoms with Gasteiger partial charge in [0.05, 0.1) is 5.92 Å². The maximum absolute atomic E-state index is 13.8. The summed E-state index contributed by atoms with van der Waals surface area (Å²) in [6.45, 7) is 0.593. The van der Waals surface area contributed by atoms with Crippen molar-refractivity contribution in [2.75, 3.05) is 13.6 Å². The highest BCUT2D eigenvalue weighted by Gasteiger charge is 2.42. The van der Waals surface area contributed by atoms with E-state index in [2.05, 4.69) is 0 Å². The van der Waals surface area contributed by atoms with E-state index in [0.717, 1.165) is 12.8 Å². The Morgan fingerprint density at radius 1 is 1.45 bits per heavy atom. The minimum atomic E-state index is -0.422. The van der Waals surface area contributed by atoms with Crippen LogP contribution in [0.2, 0.25) is 5.02 Å². The first-order valence-electron chi connectivity index (χ1n) is 7.44. The van der Waals surface area contributed by atoms with Gasteiger partial charge in [-0.15, -0.1) is 0 Å². The molecule has 1 unspecified atom stereocenters. The van der Waals surface area contributed by atoms with Crippen LogP contribution in [0.15, 0.2) is 18.2 Å². The summed E-state index contributed by atoms with van der Waals surface area (Å²) < 4.78 is 13.8. The summed E-state index contributed by atoms with van der Waals surface area (Å²) in [4.78, 5) is 27.7. The Morgan fingerprint density at radius 3 is 2.82 bits per heavy atom. The molecule has 1 aromatic rings. The van der Waals surface area contributed by atoms with Gasteiger partial charge in [0.15, 0.2) is 0 Å². The first-order chi connectivity index (χ1) is 10.5. The van der Waals surface area contributed by atoms with E-state index in [4.69, 9.17) is 11.6 Å². The molecular formula is C16H18ClFN2O2. The van der Waals surface area contributed by atoms with Crippen molar-refractivity contribution in [3.63, 3.8) is 0 Å². The molecule has 1 heterocycles. The van der Waals surface area contributed by atoms with E-state index >= 15 is 0 Å². The first kappa shape index (κ1) is 15.3. The lowest BCUT2D eigenvalue weighted by molar-refractivity contribution is -0.135. The van der Waals surface area contributed by atoms with Crippen LogP contribution in [-0.2, 0) is 16.1 Å². The Hall–Kier alpha value is -1.62. The molecule has 2 aliphatic rings. The van der Waals surface area contributed by atoms with Crippen molar-refractivity contribution >= 4 is 23.4 Å². The smallest absolute Gasteiger partial charge is 0.228 e. The lowest BCUT2D eigenvalue weighted by Crippen LogP contribution is -2.35. The zero-order valence-electron chi connectivity index (χ0n) is 12.4. The molecule has 0 aromatic heterocycles. The van der Waals surface area contributed by atoms with Crippen molar-refractivity contribution in [3.05, 3.63) is 34.6 Å². The number of nitrogens with zero attached hydrogens (tertiary/aromatic N) is 2. The highest BCUT2D eigenvalue weighted by molar-refractivity contribution is 6.31. The highest BCUT2D eigenvalue weighted by atomic mass is 35.5. The third-order valence-electron chi connectivity index (χ3n) is 4.33. The number of hydrogen-bond acceptors (Lipinski definition) is 2. The highest BCUT2D eigenvalue weighted by Crippen LogP contribution is 2.33. The van der Waals surface area contributed by atoms with Crippen LogP contribution in [0.1, 0.15) is 24.8 Å². The van der Waals surface area contributed by atoms with Crippen LogP contribution in [-0.4, -0.2) is 41.2 Å². The van der Waals surface area contributed by atoms with Crippen molar-refractivity contribution in [1.29, 1.82) is 0 Å². The van der Waals surface area contributed by atoms with Gasteiger partial charge in [-0.2, -0.15) is 0 Å². The van der Waals surface area contributed by atoms with Crippen LogP contribution in [0.4, 0.5) is 4.39 Å². The average Bonchev–Trinajstić information content (AvgIpc) is 3.25. The molecule has 0 radical (unpaired) electrons. The topological polar surface area (TPSA) is 40.6 Å². The lowest BCUT2D eigenvalue weighted by Gasteiger charge is -2.22. The van der Waals surface area contributed by atoms with E-state index in [1.54, 1.807) is 13.1 Å². The summed E-state index contributed by atoms with van der Waals surface area (Å²) in [5.74, 6) is -0.827. The van der Waals surface area contributed by atoms with Gasteiger partial charge in [-0.3, -0.25) is 9.59 Å². The third-order valence-corrected chi connectivity index (χ3v) is 4.68. The summed E-state index contributed by atoms with van der Waals surface area (Å²) in [6, 6.07) is 4.79. The number of halogens is 2. The largest absolute Gasteiger partial charge is 0.341 e. The SMILES string of the molecule is CN(Cc1c(F)cccc1Cl)C(=O)C1CC(=O)N(C2CC2)C1. The Balaban J connectivity index is 1.66. The van der Waals surface area contributed by atoms with Gasteiger partial charge >= 0.3 is 0 Å². The van der Waals surface area contributed by atoms with Crippen LogP contribution in [0.3, 0.4) is 0 Å². The van der Waals surface area contributed by atoms with E-state index in [1.165, 1.54) is 17.0 Å². The summed E-state index contributed by atoms with van der Waals surface area (Å²) in [7, 11) is 1.62. The molecule has 2 fully saturated rings. The summed E-state index contributed by atoms with van der Waals surface area (Å²) in [5.41, 5.74) is 0.309. The number of amides is 2. The van der Waals surface area contributed by atoms with Crippen LogP contribution in [0.5, 0.6) is 0 Å². The summed E-state index contributed by atoms with van der Waals surface area (Å²) >= 11 is 5.99. The minimum absolute atomic E-state index is 0.0539. The maximum atomic E-state index is 13.8. The normalized spacial score (nSPS) is 21.3. The van der Waals surface area contributed by atoms with Gasteiger partial charge in [0.25, 0.3) is 0 Å². The fraction of sp³-hybridized carbons (Fsp3) is 0.500. The van der Waals surface area contributed by atoms with Gasteiger partial charge < -0.3 is 9.80 Å². The second-order valence-corrected chi connectivity index (χ2v) is 6.48. The van der Waals surface area contributed by atoms with Crippen molar-refractivity contribution in [2.45, 2.75) is 31.8 Å². The Bertz CT molecular complexity index is 598. The predicted octanol–water partition coefficient (Wildman–Crippen LogP) is 2.45. The molecule has 1 aliphatic carbocycles. The Labute approximate surface area is 133 Å². The zero-order valence-corrected chi connectivity index (χ0v) is 13.1. The average molecular weight is 325 g/mol. The molecule has 2 amide bonds. The quantitative estimate of drug-likeness (QED) is 0.853. The maximum Gasteiger partial charge on any atom is 0.228 e. The molecule has 1 aliphatic heterocycles. The number of hydrogen-bond donors (Lipinski definition) is 0. The minimum Gasteiger partial charge on any atom is -0.341 e. The van der Waals surface area contributed by atoms with Crippen LogP contribution in [0, 0.1) is 11.7 Å². The molecule has 0 spiro atoms. The molecule has 22 heavy (non-hydrogen) atoms. The van der Waals surface area contributed by atoms with Crippen LogP contribution < -0.4 is 0 Å². The van der Waals surface area contributed by atoms with Crippen LogP contribution >= 0.6 is 11.6 Å².